The number of nitrogens with zero attached hydrogens (tertiary/aromatic N) is 4. The quantitative estimate of drug-likeness (QED) is 0.880. The lowest BCUT2D eigenvalue weighted by Gasteiger charge is -2.17. The van der Waals surface area contributed by atoms with Crippen molar-refractivity contribution in [2.24, 2.45) is 0 Å². The molecule has 2 aromatic rings. The molecule has 1 saturated heterocycles. The number of hydrogen-bond donors (Lipinski definition) is 1. The summed E-state index contributed by atoms with van der Waals surface area (Å²) < 4.78 is 14.0. The van der Waals surface area contributed by atoms with Gasteiger partial charge in [0.25, 0.3) is 0 Å². The Morgan fingerprint density at radius 3 is 2.85 bits per heavy atom. The SMILES string of the molecule is C=C(C)c1ccc(CC(=O)N[C@H]2CCN(c3ccc(C#N)nn3)C2)cc1F. The van der Waals surface area contributed by atoms with Gasteiger partial charge in [-0.1, -0.05) is 18.7 Å². The Kier molecular flexibility index (Phi) is 5.46. The summed E-state index contributed by atoms with van der Waals surface area (Å²) in [7, 11) is 0. The summed E-state index contributed by atoms with van der Waals surface area (Å²) in [4.78, 5) is 14.3. The lowest BCUT2D eigenvalue weighted by Crippen LogP contribution is -2.38. The highest BCUT2D eigenvalue weighted by atomic mass is 19.1. The van der Waals surface area contributed by atoms with Gasteiger partial charge >= 0.3 is 0 Å². The van der Waals surface area contributed by atoms with Crippen molar-refractivity contribution in [3.63, 3.8) is 0 Å². The van der Waals surface area contributed by atoms with Crippen LogP contribution in [0, 0.1) is 17.1 Å². The number of nitriles is 1. The number of nitrogens with one attached hydrogen (secondary N) is 1. The summed E-state index contributed by atoms with van der Waals surface area (Å²) in [6.07, 6.45) is 0.914. The van der Waals surface area contributed by atoms with Crippen molar-refractivity contribution in [1.82, 2.24) is 15.5 Å². The first kappa shape index (κ1) is 18.5. The summed E-state index contributed by atoms with van der Waals surface area (Å²) >= 11 is 0. The zero-order chi connectivity index (χ0) is 19.4. The molecule has 1 aliphatic heterocycles. The Bertz CT molecular complexity index is 904. The Morgan fingerprint density at radius 2 is 2.22 bits per heavy atom. The maximum atomic E-state index is 14.0. The van der Waals surface area contributed by atoms with Crippen LogP contribution in [-0.4, -0.2) is 35.2 Å². The average Bonchev–Trinajstić information content (AvgIpc) is 3.09. The molecular weight excluding hydrogens is 345 g/mol. The first-order valence-corrected chi connectivity index (χ1v) is 8.68. The van der Waals surface area contributed by atoms with Gasteiger partial charge in [0.05, 0.1) is 6.42 Å². The zero-order valence-corrected chi connectivity index (χ0v) is 15.1. The van der Waals surface area contributed by atoms with Crippen LogP contribution in [0.15, 0.2) is 36.9 Å². The van der Waals surface area contributed by atoms with Crippen LogP contribution in [0.1, 0.15) is 30.2 Å². The summed E-state index contributed by atoms with van der Waals surface area (Å²) in [5.74, 6) is 0.178. The first-order valence-electron chi connectivity index (χ1n) is 8.68. The molecule has 0 spiro atoms. The van der Waals surface area contributed by atoms with Crippen LogP contribution in [-0.2, 0) is 11.2 Å². The summed E-state index contributed by atoms with van der Waals surface area (Å²) in [5, 5.41) is 19.6. The molecule has 0 saturated carbocycles. The molecule has 1 aliphatic rings. The van der Waals surface area contributed by atoms with Crippen molar-refractivity contribution in [2.75, 3.05) is 18.0 Å². The molecule has 0 bridgehead atoms. The zero-order valence-electron chi connectivity index (χ0n) is 15.1. The van der Waals surface area contributed by atoms with Gasteiger partial charge < -0.3 is 10.2 Å². The van der Waals surface area contributed by atoms with E-state index in [1.807, 2.05) is 11.0 Å². The standard InChI is InChI=1S/C20H20FN5O/c1-13(2)17-5-3-14(9-18(17)21)10-20(27)23-16-7-8-26(12-16)19-6-4-15(11-22)24-25-19/h3-6,9,16H,1,7-8,10,12H2,2H3,(H,23,27)/t16-/m0/s1. The Balaban J connectivity index is 1.55. The first-order chi connectivity index (χ1) is 13.0. The number of amides is 1. The number of benzene rings is 1. The van der Waals surface area contributed by atoms with Gasteiger partial charge in [-0.2, -0.15) is 5.26 Å². The van der Waals surface area contributed by atoms with Crippen molar-refractivity contribution in [3.8, 4) is 6.07 Å². The molecular formula is C20H20FN5O. The molecule has 6 nitrogen and oxygen atoms in total. The molecule has 0 unspecified atom stereocenters. The third-order valence-corrected chi connectivity index (χ3v) is 4.50. The normalized spacial score (nSPS) is 16.0. The number of hydrogen-bond acceptors (Lipinski definition) is 5. The Hall–Kier alpha value is -3.27. The molecule has 1 atom stereocenters. The highest BCUT2D eigenvalue weighted by Gasteiger charge is 2.25. The van der Waals surface area contributed by atoms with E-state index < -0.39 is 0 Å². The molecule has 138 valence electrons. The minimum absolute atomic E-state index is 0.00511. The highest BCUT2D eigenvalue weighted by molar-refractivity contribution is 5.79. The fourth-order valence-electron chi connectivity index (χ4n) is 3.12. The summed E-state index contributed by atoms with van der Waals surface area (Å²) in [5.41, 5.74) is 2.02. The molecule has 1 aromatic heterocycles. The van der Waals surface area contributed by atoms with E-state index in [0.717, 1.165) is 13.0 Å². The minimum atomic E-state index is -0.362. The van der Waals surface area contributed by atoms with Crippen LogP contribution >= 0.6 is 0 Å². The molecule has 3 rings (SSSR count). The minimum Gasteiger partial charge on any atom is -0.353 e. The molecule has 0 aliphatic carbocycles. The third kappa shape index (κ3) is 4.47. The average molecular weight is 365 g/mol. The largest absolute Gasteiger partial charge is 0.353 e. The van der Waals surface area contributed by atoms with Crippen molar-refractivity contribution in [3.05, 3.63) is 59.5 Å². The van der Waals surface area contributed by atoms with Gasteiger partial charge in [-0.15, -0.1) is 10.2 Å². The summed E-state index contributed by atoms with van der Waals surface area (Å²) in [6.45, 7) is 6.85. The van der Waals surface area contributed by atoms with Crippen LogP contribution in [0.5, 0.6) is 0 Å². The van der Waals surface area contributed by atoms with E-state index in [2.05, 4.69) is 22.1 Å². The molecule has 1 fully saturated rings. The van der Waals surface area contributed by atoms with Crippen molar-refractivity contribution in [2.45, 2.75) is 25.8 Å². The van der Waals surface area contributed by atoms with Gasteiger partial charge in [-0.3, -0.25) is 4.79 Å². The van der Waals surface area contributed by atoms with E-state index in [1.165, 1.54) is 6.07 Å². The van der Waals surface area contributed by atoms with Gasteiger partial charge in [0.1, 0.15) is 11.9 Å². The fraction of sp³-hybridized carbons (Fsp3) is 0.300. The topological polar surface area (TPSA) is 81.9 Å². The number of aromatic nitrogens is 2. The number of rotatable bonds is 5. The van der Waals surface area contributed by atoms with Gasteiger partial charge in [0.15, 0.2) is 11.5 Å². The van der Waals surface area contributed by atoms with E-state index in [4.69, 9.17) is 5.26 Å². The summed E-state index contributed by atoms with van der Waals surface area (Å²) in [6, 6.07) is 10.1. The van der Waals surface area contributed by atoms with Gasteiger partial charge in [0, 0.05) is 24.7 Å². The number of allylic oxidation sites excluding steroid dienone is 1. The smallest absolute Gasteiger partial charge is 0.224 e. The van der Waals surface area contributed by atoms with Gasteiger partial charge in [-0.25, -0.2) is 4.39 Å². The van der Waals surface area contributed by atoms with Gasteiger partial charge in [-0.05, 0) is 42.7 Å². The maximum absolute atomic E-state index is 14.0. The molecule has 7 heteroatoms. The molecule has 2 heterocycles. The molecule has 27 heavy (non-hydrogen) atoms. The lowest BCUT2D eigenvalue weighted by atomic mass is 10.0. The van der Waals surface area contributed by atoms with Crippen molar-refractivity contribution >= 4 is 17.3 Å². The molecule has 1 amide bonds. The number of carbonyl (C=O) groups is 1. The third-order valence-electron chi connectivity index (χ3n) is 4.50. The van der Waals surface area contributed by atoms with Crippen LogP contribution in [0.25, 0.3) is 5.57 Å². The molecule has 0 radical (unpaired) electrons. The van der Waals surface area contributed by atoms with Crippen LogP contribution in [0.3, 0.4) is 0 Å². The highest BCUT2D eigenvalue weighted by Crippen LogP contribution is 2.19. The van der Waals surface area contributed by atoms with Crippen molar-refractivity contribution in [1.29, 1.82) is 5.26 Å². The Labute approximate surface area is 157 Å². The van der Waals surface area contributed by atoms with Crippen molar-refractivity contribution < 1.29 is 9.18 Å². The van der Waals surface area contributed by atoms with E-state index in [-0.39, 0.29) is 29.9 Å². The Morgan fingerprint density at radius 1 is 1.41 bits per heavy atom. The second kappa shape index (κ2) is 7.96. The molecule has 1 N–H and O–H groups in total. The number of carbonyl (C=O) groups excluding carboxylic acids is 1. The van der Waals surface area contributed by atoms with Gasteiger partial charge in [0.2, 0.25) is 5.91 Å². The maximum Gasteiger partial charge on any atom is 0.224 e. The second-order valence-electron chi connectivity index (χ2n) is 6.66. The fourth-order valence-corrected chi connectivity index (χ4v) is 3.12. The monoisotopic (exact) mass is 365 g/mol. The van der Waals surface area contributed by atoms with Crippen LogP contribution < -0.4 is 10.2 Å². The van der Waals surface area contributed by atoms with E-state index in [1.54, 1.807) is 31.2 Å². The lowest BCUT2D eigenvalue weighted by molar-refractivity contribution is -0.121. The van der Waals surface area contributed by atoms with E-state index >= 15 is 0 Å². The predicted octanol–water partition coefficient (Wildman–Crippen LogP) is 2.46. The van der Waals surface area contributed by atoms with Crippen LogP contribution in [0.2, 0.25) is 0 Å². The number of halogens is 1. The van der Waals surface area contributed by atoms with E-state index in [9.17, 15) is 9.18 Å². The van der Waals surface area contributed by atoms with E-state index in [0.29, 0.717) is 29.1 Å². The predicted molar refractivity (Wildman–Crippen MR) is 100 cm³/mol. The van der Waals surface area contributed by atoms with Crippen LogP contribution in [0.4, 0.5) is 10.2 Å². The number of anilines is 1. The second-order valence-corrected chi connectivity index (χ2v) is 6.66. The molecule has 1 aromatic carbocycles.